The van der Waals surface area contributed by atoms with Gasteiger partial charge in [-0.25, -0.2) is 0 Å². The Morgan fingerprint density at radius 1 is 1.29 bits per heavy atom. The molecule has 24 heavy (non-hydrogen) atoms. The summed E-state index contributed by atoms with van der Waals surface area (Å²) in [6.07, 6.45) is 1.39. The molecule has 0 fully saturated rings. The average molecular weight is 358 g/mol. The number of rotatable bonds is 8. The minimum atomic E-state index is -0.949. The highest BCUT2D eigenvalue weighted by molar-refractivity contribution is 5.97. The zero-order valence-electron chi connectivity index (χ0n) is 14.8. The van der Waals surface area contributed by atoms with Crippen LogP contribution in [0.1, 0.15) is 33.6 Å². The summed E-state index contributed by atoms with van der Waals surface area (Å²) in [5.74, 6) is 0.0823. The third-order valence-electron chi connectivity index (χ3n) is 3.64. The van der Waals surface area contributed by atoms with E-state index in [4.69, 9.17) is 10.5 Å². The van der Waals surface area contributed by atoms with Gasteiger partial charge in [-0.15, -0.1) is 12.4 Å². The number of carbonyl (C=O) groups is 2. The SMILES string of the molecule is CCCC(C)(N)C(=O)N(CC)CC(=O)Nc1ccccc1OC.Cl. The number of anilines is 1. The molecule has 3 N–H and O–H groups in total. The van der Waals surface area contributed by atoms with Gasteiger partial charge in [0, 0.05) is 6.54 Å². The van der Waals surface area contributed by atoms with Gasteiger partial charge in [0.2, 0.25) is 11.8 Å². The molecule has 0 spiro atoms. The summed E-state index contributed by atoms with van der Waals surface area (Å²) in [7, 11) is 1.54. The standard InChI is InChI=1S/C17H27N3O3.ClH/c1-5-11-17(3,18)16(22)20(6-2)12-15(21)19-13-9-7-8-10-14(13)23-4;/h7-10H,5-6,11-12,18H2,1-4H3,(H,19,21);1H. The number of nitrogens with one attached hydrogen (secondary N) is 1. The summed E-state index contributed by atoms with van der Waals surface area (Å²) in [5, 5.41) is 2.77. The van der Waals surface area contributed by atoms with Crippen LogP contribution in [0.15, 0.2) is 24.3 Å². The van der Waals surface area contributed by atoms with E-state index in [0.717, 1.165) is 6.42 Å². The van der Waals surface area contributed by atoms with E-state index in [1.807, 2.05) is 19.9 Å². The lowest BCUT2D eigenvalue weighted by Gasteiger charge is -2.30. The van der Waals surface area contributed by atoms with Gasteiger partial charge >= 0.3 is 0 Å². The van der Waals surface area contributed by atoms with Crippen LogP contribution in [-0.4, -0.2) is 42.5 Å². The number of methoxy groups -OCH3 is 1. The molecule has 0 bridgehead atoms. The molecule has 2 amide bonds. The largest absolute Gasteiger partial charge is 0.495 e. The van der Waals surface area contributed by atoms with Gasteiger partial charge in [0.25, 0.3) is 0 Å². The van der Waals surface area contributed by atoms with E-state index in [0.29, 0.717) is 24.4 Å². The predicted octanol–water partition coefficient (Wildman–Crippen LogP) is 2.42. The lowest BCUT2D eigenvalue weighted by Crippen LogP contribution is -2.54. The first-order valence-electron chi connectivity index (χ1n) is 7.86. The number of amides is 2. The second-order valence-corrected chi connectivity index (χ2v) is 5.74. The number of nitrogens with two attached hydrogens (primary N) is 1. The first kappa shape index (κ1) is 22.2. The first-order chi connectivity index (χ1) is 10.9. The topological polar surface area (TPSA) is 84.7 Å². The van der Waals surface area contributed by atoms with Crippen molar-refractivity contribution in [3.8, 4) is 5.75 Å². The fourth-order valence-corrected chi connectivity index (χ4v) is 2.43. The van der Waals surface area contributed by atoms with Gasteiger partial charge in [0.1, 0.15) is 5.75 Å². The smallest absolute Gasteiger partial charge is 0.244 e. The number of halogens is 1. The number of nitrogens with zero attached hydrogens (tertiary/aromatic N) is 1. The zero-order chi connectivity index (χ0) is 17.5. The van der Waals surface area contributed by atoms with Gasteiger partial charge in [-0.05, 0) is 32.4 Å². The molecule has 1 unspecified atom stereocenters. The minimum absolute atomic E-state index is 0. The van der Waals surface area contributed by atoms with Crippen LogP contribution in [0.4, 0.5) is 5.69 Å². The van der Waals surface area contributed by atoms with E-state index in [1.165, 1.54) is 12.0 Å². The molecule has 0 aromatic heterocycles. The second kappa shape index (κ2) is 10.2. The van der Waals surface area contributed by atoms with Crippen LogP contribution >= 0.6 is 12.4 Å². The maximum atomic E-state index is 12.5. The third kappa shape index (κ3) is 6.02. The average Bonchev–Trinajstić information content (AvgIpc) is 2.52. The third-order valence-corrected chi connectivity index (χ3v) is 3.64. The highest BCUT2D eigenvalue weighted by atomic mass is 35.5. The second-order valence-electron chi connectivity index (χ2n) is 5.74. The van der Waals surface area contributed by atoms with Gasteiger partial charge in [-0.1, -0.05) is 25.5 Å². The van der Waals surface area contributed by atoms with Gasteiger partial charge in [0.05, 0.1) is 24.9 Å². The number of benzene rings is 1. The Morgan fingerprint density at radius 3 is 2.46 bits per heavy atom. The molecular weight excluding hydrogens is 330 g/mol. The van der Waals surface area contributed by atoms with Crippen molar-refractivity contribution in [2.45, 2.75) is 39.2 Å². The maximum Gasteiger partial charge on any atom is 0.244 e. The Hall–Kier alpha value is -1.79. The van der Waals surface area contributed by atoms with Crippen LogP contribution in [0.5, 0.6) is 5.75 Å². The summed E-state index contributed by atoms with van der Waals surface area (Å²) >= 11 is 0. The Kier molecular flexibility index (Phi) is 9.40. The molecule has 0 aliphatic carbocycles. The van der Waals surface area contributed by atoms with Crippen LogP contribution in [0.25, 0.3) is 0 Å². The number of ether oxygens (including phenoxy) is 1. The van der Waals surface area contributed by atoms with E-state index in [9.17, 15) is 9.59 Å². The normalized spacial score (nSPS) is 12.5. The number of para-hydroxylation sites is 2. The van der Waals surface area contributed by atoms with E-state index in [1.54, 1.807) is 25.1 Å². The van der Waals surface area contributed by atoms with Crippen LogP contribution < -0.4 is 15.8 Å². The monoisotopic (exact) mass is 357 g/mol. The van der Waals surface area contributed by atoms with Crippen LogP contribution in [-0.2, 0) is 9.59 Å². The molecule has 1 atom stereocenters. The van der Waals surface area contributed by atoms with Crippen LogP contribution in [0, 0.1) is 0 Å². The minimum Gasteiger partial charge on any atom is -0.495 e. The molecule has 0 aliphatic rings. The van der Waals surface area contributed by atoms with E-state index < -0.39 is 5.54 Å². The van der Waals surface area contributed by atoms with Gasteiger partial charge in [-0.3, -0.25) is 9.59 Å². The van der Waals surface area contributed by atoms with Gasteiger partial charge in [0.15, 0.2) is 0 Å². The lowest BCUT2D eigenvalue weighted by atomic mass is 9.95. The highest BCUT2D eigenvalue weighted by Crippen LogP contribution is 2.23. The van der Waals surface area contributed by atoms with Crippen molar-refractivity contribution >= 4 is 29.9 Å². The Labute approximate surface area is 150 Å². The molecule has 1 rings (SSSR count). The van der Waals surface area contributed by atoms with Crippen molar-refractivity contribution in [1.29, 1.82) is 0 Å². The fourth-order valence-electron chi connectivity index (χ4n) is 2.43. The Bertz CT molecular complexity index is 550. The molecular formula is C17H28ClN3O3. The van der Waals surface area contributed by atoms with E-state index in [2.05, 4.69) is 5.32 Å². The number of likely N-dealkylation sites (N-methyl/N-ethyl adjacent to an activating group) is 1. The van der Waals surface area contributed by atoms with E-state index in [-0.39, 0.29) is 30.8 Å². The number of hydrogen-bond acceptors (Lipinski definition) is 4. The molecule has 0 heterocycles. The molecule has 0 saturated heterocycles. The highest BCUT2D eigenvalue weighted by Gasteiger charge is 2.32. The fraction of sp³-hybridized carbons (Fsp3) is 0.529. The lowest BCUT2D eigenvalue weighted by molar-refractivity contribution is -0.139. The van der Waals surface area contributed by atoms with Crippen LogP contribution in [0.2, 0.25) is 0 Å². The predicted molar refractivity (Wildman–Crippen MR) is 98.6 cm³/mol. The Balaban J connectivity index is 0.00000529. The summed E-state index contributed by atoms with van der Waals surface area (Å²) in [6.45, 7) is 5.90. The van der Waals surface area contributed by atoms with Crippen LogP contribution in [0.3, 0.4) is 0 Å². The quantitative estimate of drug-likeness (QED) is 0.748. The first-order valence-corrected chi connectivity index (χ1v) is 7.86. The maximum absolute atomic E-state index is 12.5. The molecule has 1 aromatic rings. The molecule has 6 nitrogen and oxygen atoms in total. The summed E-state index contributed by atoms with van der Waals surface area (Å²) in [4.78, 5) is 26.2. The number of carbonyl (C=O) groups excluding carboxylic acids is 2. The van der Waals surface area contributed by atoms with Crippen molar-refractivity contribution < 1.29 is 14.3 Å². The summed E-state index contributed by atoms with van der Waals surface area (Å²) in [6, 6.07) is 7.13. The van der Waals surface area contributed by atoms with Crippen molar-refractivity contribution in [1.82, 2.24) is 4.90 Å². The molecule has 7 heteroatoms. The summed E-state index contributed by atoms with van der Waals surface area (Å²) < 4.78 is 5.20. The van der Waals surface area contributed by atoms with Crippen molar-refractivity contribution in [2.24, 2.45) is 5.73 Å². The van der Waals surface area contributed by atoms with Crippen molar-refractivity contribution in [2.75, 3.05) is 25.5 Å². The molecule has 0 saturated carbocycles. The summed E-state index contributed by atoms with van der Waals surface area (Å²) in [5.41, 5.74) is 5.71. The van der Waals surface area contributed by atoms with Crippen molar-refractivity contribution in [3.63, 3.8) is 0 Å². The number of hydrogen-bond donors (Lipinski definition) is 2. The zero-order valence-corrected chi connectivity index (χ0v) is 15.6. The van der Waals surface area contributed by atoms with Crippen molar-refractivity contribution in [3.05, 3.63) is 24.3 Å². The van der Waals surface area contributed by atoms with Gasteiger partial charge in [-0.2, -0.15) is 0 Å². The Morgan fingerprint density at radius 2 is 1.92 bits per heavy atom. The molecule has 136 valence electrons. The molecule has 1 aromatic carbocycles. The molecule has 0 aliphatic heterocycles. The van der Waals surface area contributed by atoms with Gasteiger partial charge < -0.3 is 20.7 Å². The molecule has 0 radical (unpaired) electrons. The van der Waals surface area contributed by atoms with E-state index >= 15 is 0 Å².